The van der Waals surface area contributed by atoms with Gasteiger partial charge in [0.05, 0.1) is 12.4 Å². The third kappa shape index (κ3) is 3.74. The molecule has 4 aromatic rings. The zero-order valence-electron chi connectivity index (χ0n) is 16.1. The van der Waals surface area contributed by atoms with Crippen molar-refractivity contribution in [1.29, 1.82) is 5.26 Å². The maximum absolute atomic E-state index is 11.5. The van der Waals surface area contributed by atoms with Gasteiger partial charge < -0.3 is 10.1 Å². The lowest BCUT2D eigenvalue weighted by molar-refractivity contribution is -0.111. The van der Waals surface area contributed by atoms with Gasteiger partial charge in [-0.2, -0.15) is 15.5 Å². The number of aromatic nitrogens is 5. The van der Waals surface area contributed by atoms with Crippen LogP contribution < -0.4 is 10.1 Å². The standard InChI is InChI=1S/C21H17N7O2/c1-3-20(29)26-19-6-14(4-5-23-19)13-30-18-7-15(17-10-24-27(2)11-17)12-28-21(18)16(8-22)9-25-28/h3-7,9-12H,1,13H2,2H3,(H,23,26,29). The molecule has 4 aromatic heterocycles. The lowest BCUT2D eigenvalue weighted by Gasteiger charge is -2.11. The Labute approximate surface area is 171 Å². The van der Waals surface area contributed by atoms with Crippen LogP contribution in [0.15, 0.2) is 61.8 Å². The number of nitrogens with zero attached hydrogens (tertiary/aromatic N) is 6. The molecule has 0 radical (unpaired) electrons. The lowest BCUT2D eigenvalue weighted by atomic mass is 10.1. The van der Waals surface area contributed by atoms with Crippen molar-refractivity contribution >= 4 is 17.2 Å². The van der Waals surface area contributed by atoms with Crippen LogP contribution in [-0.2, 0) is 18.4 Å². The minimum atomic E-state index is -0.343. The van der Waals surface area contributed by atoms with Gasteiger partial charge in [-0.15, -0.1) is 0 Å². The molecule has 0 saturated heterocycles. The molecule has 30 heavy (non-hydrogen) atoms. The molecule has 1 N–H and O–H groups in total. The van der Waals surface area contributed by atoms with Gasteiger partial charge in [0.15, 0.2) is 0 Å². The van der Waals surface area contributed by atoms with E-state index in [2.05, 4.69) is 33.1 Å². The zero-order chi connectivity index (χ0) is 21.1. The van der Waals surface area contributed by atoms with E-state index in [1.165, 1.54) is 12.3 Å². The van der Waals surface area contributed by atoms with E-state index >= 15 is 0 Å². The Bertz CT molecular complexity index is 1300. The molecule has 4 heterocycles. The largest absolute Gasteiger partial charge is 0.487 e. The Morgan fingerprint density at radius 1 is 1.30 bits per heavy atom. The van der Waals surface area contributed by atoms with Crippen molar-refractivity contribution in [1.82, 2.24) is 24.4 Å². The highest BCUT2D eigenvalue weighted by molar-refractivity contribution is 5.98. The van der Waals surface area contributed by atoms with Crippen LogP contribution in [0.2, 0.25) is 0 Å². The summed E-state index contributed by atoms with van der Waals surface area (Å²) in [6.45, 7) is 3.64. The fourth-order valence-corrected chi connectivity index (χ4v) is 2.98. The number of nitrogens with one attached hydrogen (secondary N) is 1. The average molecular weight is 399 g/mol. The molecule has 0 unspecified atom stereocenters. The molecule has 0 aliphatic rings. The number of carbonyl (C=O) groups excluding carboxylic acids is 1. The van der Waals surface area contributed by atoms with Crippen molar-refractivity contribution in [2.45, 2.75) is 6.61 Å². The van der Waals surface area contributed by atoms with Crippen LogP contribution in [0.5, 0.6) is 5.75 Å². The molecular formula is C21H17N7O2. The summed E-state index contributed by atoms with van der Waals surface area (Å²) in [5.74, 6) is 0.570. The highest BCUT2D eigenvalue weighted by Crippen LogP contribution is 2.30. The van der Waals surface area contributed by atoms with Crippen LogP contribution in [0.1, 0.15) is 11.1 Å². The van der Waals surface area contributed by atoms with Gasteiger partial charge in [0, 0.05) is 36.8 Å². The molecule has 0 aliphatic heterocycles. The summed E-state index contributed by atoms with van der Waals surface area (Å²) in [6, 6.07) is 7.50. The van der Waals surface area contributed by atoms with Crippen LogP contribution in [-0.4, -0.2) is 30.3 Å². The van der Waals surface area contributed by atoms with E-state index in [-0.39, 0.29) is 12.5 Å². The monoisotopic (exact) mass is 399 g/mol. The highest BCUT2D eigenvalue weighted by Gasteiger charge is 2.14. The third-order valence-electron chi connectivity index (χ3n) is 4.39. The Hall–Kier alpha value is -4.45. The summed E-state index contributed by atoms with van der Waals surface area (Å²) in [5.41, 5.74) is 3.55. The van der Waals surface area contributed by atoms with E-state index in [4.69, 9.17) is 4.74 Å². The van der Waals surface area contributed by atoms with Gasteiger partial charge >= 0.3 is 0 Å². The first-order chi connectivity index (χ1) is 14.6. The third-order valence-corrected chi connectivity index (χ3v) is 4.39. The number of hydrogen-bond acceptors (Lipinski definition) is 6. The van der Waals surface area contributed by atoms with Crippen molar-refractivity contribution < 1.29 is 9.53 Å². The number of ether oxygens (including phenoxy) is 1. The molecule has 148 valence electrons. The van der Waals surface area contributed by atoms with Crippen LogP contribution in [0.25, 0.3) is 16.6 Å². The number of rotatable bonds is 6. The van der Waals surface area contributed by atoms with Crippen LogP contribution >= 0.6 is 0 Å². The lowest BCUT2D eigenvalue weighted by Crippen LogP contribution is -2.09. The van der Waals surface area contributed by atoms with Crippen molar-refractivity contribution in [3.8, 4) is 22.9 Å². The number of nitriles is 1. The molecule has 0 saturated carbocycles. The van der Waals surface area contributed by atoms with Crippen LogP contribution in [0, 0.1) is 11.3 Å². The summed E-state index contributed by atoms with van der Waals surface area (Å²) >= 11 is 0. The molecular weight excluding hydrogens is 382 g/mol. The number of carbonyl (C=O) groups is 1. The minimum Gasteiger partial charge on any atom is -0.487 e. The molecule has 0 aliphatic carbocycles. The van der Waals surface area contributed by atoms with Crippen molar-refractivity contribution in [2.75, 3.05) is 5.32 Å². The number of hydrogen-bond donors (Lipinski definition) is 1. The van der Waals surface area contributed by atoms with Gasteiger partial charge in [-0.05, 0) is 29.8 Å². The zero-order valence-corrected chi connectivity index (χ0v) is 16.1. The van der Waals surface area contributed by atoms with Gasteiger partial charge in [-0.1, -0.05) is 6.58 Å². The predicted octanol–water partition coefficient (Wildman–Crippen LogP) is 2.70. The van der Waals surface area contributed by atoms with Gasteiger partial charge in [0.25, 0.3) is 0 Å². The second-order valence-corrected chi connectivity index (χ2v) is 6.49. The maximum Gasteiger partial charge on any atom is 0.248 e. The Kier molecular flexibility index (Phi) is 4.97. The van der Waals surface area contributed by atoms with Crippen LogP contribution in [0.4, 0.5) is 5.82 Å². The average Bonchev–Trinajstić information content (AvgIpc) is 3.38. The summed E-state index contributed by atoms with van der Waals surface area (Å²) < 4.78 is 9.39. The van der Waals surface area contributed by atoms with Crippen molar-refractivity contribution in [3.63, 3.8) is 0 Å². The highest BCUT2D eigenvalue weighted by atomic mass is 16.5. The van der Waals surface area contributed by atoms with Crippen molar-refractivity contribution in [2.24, 2.45) is 7.05 Å². The van der Waals surface area contributed by atoms with E-state index in [9.17, 15) is 10.1 Å². The Morgan fingerprint density at radius 2 is 2.17 bits per heavy atom. The summed E-state index contributed by atoms with van der Waals surface area (Å²) in [6.07, 6.45) is 9.72. The van der Waals surface area contributed by atoms with E-state index < -0.39 is 0 Å². The molecule has 9 heteroatoms. The first-order valence-electron chi connectivity index (χ1n) is 8.99. The molecule has 0 bridgehead atoms. The predicted molar refractivity (Wildman–Crippen MR) is 110 cm³/mol. The Balaban J connectivity index is 1.67. The molecule has 4 rings (SSSR count). The Morgan fingerprint density at radius 3 is 2.90 bits per heavy atom. The molecule has 0 aromatic carbocycles. The summed E-state index contributed by atoms with van der Waals surface area (Å²) in [7, 11) is 1.84. The second-order valence-electron chi connectivity index (χ2n) is 6.49. The fourth-order valence-electron chi connectivity index (χ4n) is 2.98. The van der Waals surface area contributed by atoms with Gasteiger partial charge in [0.2, 0.25) is 5.91 Å². The first kappa shape index (κ1) is 18.9. The quantitative estimate of drug-likeness (QED) is 0.499. The summed E-state index contributed by atoms with van der Waals surface area (Å²) in [5, 5.41) is 20.5. The number of fused-ring (bicyclic) bond motifs is 1. The number of pyridine rings is 2. The van der Waals surface area contributed by atoms with E-state index in [1.54, 1.807) is 33.7 Å². The van der Waals surface area contributed by atoms with E-state index in [0.717, 1.165) is 16.7 Å². The molecule has 0 spiro atoms. The maximum atomic E-state index is 11.5. The SMILES string of the molecule is C=CC(=O)Nc1cc(COc2cc(-c3cnn(C)c3)cn3ncc(C#N)c23)ccn1. The van der Waals surface area contributed by atoms with E-state index in [1.807, 2.05) is 25.5 Å². The number of amides is 1. The number of anilines is 1. The normalized spacial score (nSPS) is 10.5. The molecule has 1 amide bonds. The molecule has 9 nitrogen and oxygen atoms in total. The molecule has 0 atom stereocenters. The minimum absolute atomic E-state index is 0.210. The van der Waals surface area contributed by atoms with E-state index in [0.29, 0.717) is 22.6 Å². The van der Waals surface area contributed by atoms with Gasteiger partial charge in [-0.25, -0.2) is 9.50 Å². The van der Waals surface area contributed by atoms with Crippen molar-refractivity contribution in [3.05, 3.63) is 73.0 Å². The smallest absolute Gasteiger partial charge is 0.248 e. The summed E-state index contributed by atoms with van der Waals surface area (Å²) in [4.78, 5) is 15.6. The van der Waals surface area contributed by atoms with Gasteiger partial charge in [-0.3, -0.25) is 9.48 Å². The van der Waals surface area contributed by atoms with Crippen LogP contribution in [0.3, 0.4) is 0 Å². The van der Waals surface area contributed by atoms with Gasteiger partial charge in [0.1, 0.15) is 35.3 Å². The fraction of sp³-hybridized carbons (Fsp3) is 0.0952. The second kappa shape index (κ2) is 7.89. The first-order valence-corrected chi connectivity index (χ1v) is 8.99. The molecule has 0 fully saturated rings. The number of aryl methyl sites for hydroxylation is 1. The topological polar surface area (TPSA) is 110 Å².